The minimum atomic E-state index is -3.84. The lowest BCUT2D eigenvalue weighted by molar-refractivity contribution is 0.170. The number of benzene rings is 2. The molecule has 5 nitrogen and oxygen atoms in total. The molecule has 0 radical (unpaired) electrons. The molecule has 6 heteroatoms. The molecule has 0 aliphatic rings. The summed E-state index contributed by atoms with van der Waals surface area (Å²) in [6.07, 6.45) is 2.02. The van der Waals surface area contributed by atoms with Gasteiger partial charge in [-0.05, 0) is 43.2 Å². The van der Waals surface area contributed by atoms with Crippen molar-refractivity contribution in [3.05, 3.63) is 53.6 Å². The first-order valence-electron chi connectivity index (χ1n) is 9.54. The molecule has 0 aliphatic heterocycles. The number of methoxy groups -OCH3 is 2. The second kappa shape index (κ2) is 9.94. The molecule has 0 aliphatic carbocycles. The Labute approximate surface area is 168 Å². The van der Waals surface area contributed by atoms with Crippen LogP contribution in [0, 0.1) is 6.92 Å². The van der Waals surface area contributed by atoms with Crippen molar-refractivity contribution in [3.8, 4) is 11.5 Å². The number of aryl methyl sites for hydroxylation is 1. The first-order valence-corrected chi connectivity index (χ1v) is 10.9. The average molecular weight is 407 g/mol. The van der Waals surface area contributed by atoms with Gasteiger partial charge in [0.25, 0.3) is 10.1 Å². The van der Waals surface area contributed by atoms with Crippen LogP contribution in [0.15, 0.2) is 47.4 Å². The third-order valence-electron chi connectivity index (χ3n) is 4.89. The minimum Gasteiger partial charge on any atom is -0.493 e. The van der Waals surface area contributed by atoms with E-state index in [1.54, 1.807) is 38.5 Å². The number of hydrogen-bond donors (Lipinski definition) is 0. The van der Waals surface area contributed by atoms with Crippen LogP contribution in [0.3, 0.4) is 0 Å². The summed E-state index contributed by atoms with van der Waals surface area (Å²) in [4.78, 5) is 0.180. The van der Waals surface area contributed by atoms with Gasteiger partial charge in [-0.1, -0.05) is 50.5 Å². The van der Waals surface area contributed by atoms with E-state index in [1.165, 1.54) is 0 Å². The number of unbranched alkanes of at least 4 members (excludes halogenated alkanes) is 1. The van der Waals surface area contributed by atoms with E-state index in [1.807, 2.05) is 32.0 Å². The van der Waals surface area contributed by atoms with Crippen LogP contribution in [0.5, 0.6) is 11.5 Å². The molecule has 2 atom stereocenters. The van der Waals surface area contributed by atoms with E-state index in [-0.39, 0.29) is 10.8 Å². The van der Waals surface area contributed by atoms with E-state index < -0.39 is 16.2 Å². The van der Waals surface area contributed by atoms with Crippen LogP contribution >= 0.6 is 0 Å². The number of ether oxygens (including phenoxy) is 2. The summed E-state index contributed by atoms with van der Waals surface area (Å²) >= 11 is 0. The molecule has 0 N–H and O–H groups in total. The maximum atomic E-state index is 12.8. The highest BCUT2D eigenvalue weighted by Crippen LogP contribution is 2.34. The second-order valence-electron chi connectivity index (χ2n) is 6.95. The summed E-state index contributed by atoms with van der Waals surface area (Å²) in [5.74, 6) is 1.12. The summed E-state index contributed by atoms with van der Waals surface area (Å²) in [5, 5.41) is 0. The van der Waals surface area contributed by atoms with Crippen LogP contribution in [-0.4, -0.2) is 28.7 Å². The predicted molar refractivity (Wildman–Crippen MR) is 111 cm³/mol. The van der Waals surface area contributed by atoms with Gasteiger partial charge in [-0.3, -0.25) is 4.18 Å². The van der Waals surface area contributed by atoms with Gasteiger partial charge < -0.3 is 9.47 Å². The Balaban J connectivity index is 2.30. The molecule has 0 saturated heterocycles. The van der Waals surface area contributed by atoms with Crippen molar-refractivity contribution >= 4 is 10.1 Å². The molecule has 0 aromatic heterocycles. The number of hydrogen-bond acceptors (Lipinski definition) is 5. The first-order chi connectivity index (χ1) is 13.3. The zero-order chi connectivity index (χ0) is 20.7. The Hall–Kier alpha value is -2.05. The molecule has 0 unspecified atom stereocenters. The lowest BCUT2D eigenvalue weighted by Crippen LogP contribution is -2.24. The topological polar surface area (TPSA) is 61.8 Å². The molecule has 0 spiro atoms. The molecule has 2 aromatic rings. The van der Waals surface area contributed by atoms with Crippen LogP contribution in [0.25, 0.3) is 0 Å². The monoisotopic (exact) mass is 406 g/mol. The maximum Gasteiger partial charge on any atom is 0.297 e. The second-order valence-corrected chi connectivity index (χ2v) is 8.52. The third kappa shape index (κ3) is 5.49. The smallest absolute Gasteiger partial charge is 0.297 e. The van der Waals surface area contributed by atoms with Gasteiger partial charge >= 0.3 is 0 Å². The van der Waals surface area contributed by atoms with Crippen molar-refractivity contribution in [2.45, 2.75) is 57.0 Å². The standard InChI is InChI=1S/C22H30O5S/c1-6-7-8-20(27-28(23,24)19-12-9-16(2)10-13-19)17(3)18-11-14-21(25-4)22(15-18)26-5/h9-15,17,20H,6-8H2,1-5H3/t17-,20-/m1/s1. The fourth-order valence-corrected chi connectivity index (χ4v) is 4.23. The van der Waals surface area contributed by atoms with E-state index in [0.717, 1.165) is 24.0 Å². The fraction of sp³-hybridized carbons (Fsp3) is 0.455. The lowest BCUT2D eigenvalue weighted by Gasteiger charge is -2.25. The average Bonchev–Trinajstić information content (AvgIpc) is 2.70. The molecular weight excluding hydrogens is 376 g/mol. The summed E-state index contributed by atoms with van der Waals surface area (Å²) < 4.78 is 42.0. The van der Waals surface area contributed by atoms with E-state index in [2.05, 4.69) is 6.92 Å². The zero-order valence-corrected chi connectivity index (χ0v) is 18.1. The molecule has 0 saturated carbocycles. The third-order valence-corrected chi connectivity index (χ3v) is 6.24. The van der Waals surface area contributed by atoms with Crippen molar-refractivity contribution in [2.24, 2.45) is 0 Å². The molecule has 0 heterocycles. The predicted octanol–water partition coefficient (Wildman–Crippen LogP) is 5.08. The quantitative estimate of drug-likeness (QED) is 0.515. The molecule has 154 valence electrons. The molecule has 2 rings (SSSR count). The summed E-state index contributed by atoms with van der Waals surface area (Å²) in [7, 11) is -0.676. The first kappa shape index (κ1) is 22.2. The van der Waals surface area contributed by atoms with Crippen molar-refractivity contribution in [1.29, 1.82) is 0 Å². The Morgan fingerprint density at radius 2 is 1.61 bits per heavy atom. The minimum absolute atomic E-state index is 0.133. The zero-order valence-electron chi connectivity index (χ0n) is 17.3. The maximum absolute atomic E-state index is 12.8. The van der Waals surface area contributed by atoms with Gasteiger partial charge in [0.1, 0.15) is 0 Å². The van der Waals surface area contributed by atoms with Gasteiger partial charge in [0.15, 0.2) is 11.5 Å². The van der Waals surface area contributed by atoms with E-state index in [0.29, 0.717) is 17.9 Å². The van der Waals surface area contributed by atoms with E-state index in [4.69, 9.17) is 13.7 Å². The van der Waals surface area contributed by atoms with Gasteiger partial charge in [0.05, 0.1) is 25.2 Å². The SMILES string of the molecule is CCCC[C@@H](OS(=O)(=O)c1ccc(C)cc1)[C@H](C)c1ccc(OC)c(OC)c1. The Bertz CT molecular complexity index is 859. The summed E-state index contributed by atoms with van der Waals surface area (Å²) in [6.45, 7) is 5.97. The normalized spacial score (nSPS) is 13.8. The summed E-state index contributed by atoms with van der Waals surface area (Å²) in [5.41, 5.74) is 1.94. The molecule has 28 heavy (non-hydrogen) atoms. The highest BCUT2D eigenvalue weighted by atomic mass is 32.2. The van der Waals surface area contributed by atoms with Gasteiger partial charge in [-0.25, -0.2) is 0 Å². The van der Waals surface area contributed by atoms with Crippen molar-refractivity contribution in [3.63, 3.8) is 0 Å². The largest absolute Gasteiger partial charge is 0.493 e. The summed E-state index contributed by atoms with van der Waals surface area (Å²) in [6, 6.07) is 12.3. The fourth-order valence-electron chi connectivity index (χ4n) is 3.06. The number of rotatable bonds is 10. The van der Waals surface area contributed by atoms with Gasteiger partial charge in [-0.2, -0.15) is 8.42 Å². The van der Waals surface area contributed by atoms with Crippen LogP contribution in [0.1, 0.15) is 50.2 Å². The van der Waals surface area contributed by atoms with E-state index >= 15 is 0 Å². The van der Waals surface area contributed by atoms with Gasteiger partial charge in [-0.15, -0.1) is 0 Å². The lowest BCUT2D eigenvalue weighted by atomic mass is 9.92. The van der Waals surface area contributed by atoms with Gasteiger partial charge in [0.2, 0.25) is 0 Å². The Kier molecular flexibility index (Phi) is 7.89. The molecular formula is C22H30O5S. The van der Waals surface area contributed by atoms with Crippen LogP contribution in [0.4, 0.5) is 0 Å². The van der Waals surface area contributed by atoms with Crippen LogP contribution in [0.2, 0.25) is 0 Å². The Morgan fingerprint density at radius 3 is 2.18 bits per heavy atom. The highest BCUT2D eigenvalue weighted by molar-refractivity contribution is 7.86. The van der Waals surface area contributed by atoms with E-state index in [9.17, 15) is 8.42 Å². The Morgan fingerprint density at radius 1 is 0.964 bits per heavy atom. The van der Waals surface area contributed by atoms with Crippen LogP contribution in [-0.2, 0) is 14.3 Å². The molecule has 2 aromatic carbocycles. The van der Waals surface area contributed by atoms with Crippen molar-refractivity contribution < 1.29 is 22.1 Å². The molecule has 0 bridgehead atoms. The van der Waals surface area contributed by atoms with Crippen molar-refractivity contribution in [1.82, 2.24) is 0 Å². The molecule has 0 fully saturated rings. The molecule has 0 amide bonds. The van der Waals surface area contributed by atoms with Crippen LogP contribution < -0.4 is 9.47 Å². The van der Waals surface area contributed by atoms with Crippen molar-refractivity contribution in [2.75, 3.05) is 14.2 Å². The highest BCUT2D eigenvalue weighted by Gasteiger charge is 2.27. The van der Waals surface area contributed by atoms with Gasteiger partial charge in [0, 0.05) is 5.92 Å².